The van der Waals surface area contributed by atoms with E-state index < -0.39 is 5.97 Å². The second kappa shape index (κ2) is 13.7. The van der Waals surface area contributed by atoms with Crippen LogP contribution < -0.4 is 39.4 Å². The molecule has 0 aliphatic carbocycles. The van der Waals surface area contributed by atoms with E-state index in [1.54, 1.807) is 4.90 Å². The van der Waals surface area contributed by atoms with Gasteiger partial charge in [-0.2, -0.15) is 0 Å². The van der Waals surface area contributed by atoms with Crippen LogP contribution in [0.3, 0.4) is 0 Å². The molecule has 0 atom stereocenters. The van der Waals surface area contributed by atoms with Gasteiger partial charge in [-0.25, -0.2) is 9.78 Å². The molecule has 8 nitrogen and oxygen atoms in total. The maximum Gasteiger partial charge on any atom is 1.00 e. The molecule has 3 aromatic rings. The number of nitrogens with zero attached hydrogens (tertiary/aromatic N) is 2. The topological polar surface area (TPSA) is 105 Å². The SMILES string of the molecule is CCCOC(=O)N1CCc2c(OCCc3nc(-c4ccccc4)oc3C)ccc(CCC(=O)[O-])c2C1.[Na+]. The van der Waals surface area contributed by atoms with Gasteiger partial charge in [-0.05, 0) is 61.9 Å². The molecule has 1 aliphatic rings. The van der Waals surface area contributed by atoms with E-state index in [0.29, 0.717) is 51.5 Å². The molecule has 37 heavy (non-hydrogen) atoms. The van der Waals surface area contributed by atoms with Crippen molar-refractivity contribution >= 4 is 12.1 Å². The summed E-state index contributed by atoms with van der Waals surface area (Å²) in [7, 11) is 0. The summed E-state index contributed by atoms with van der Waals surface area (Å²) in [6.45, 7) is 5.50. The van der Waals surface area contributed by atoms with Gasteiger partial charge in [-0.3, -0.25) is 0 Å². The van der Waals surface area contributed by atoms with Gasteiger partial charge in [0.05, 0.1) is 18.9 Å². The Morgan fingerprint density at radius 2 is 1.86 bits per heavy atom. The van der Waals surface area contributed by atoms with E-state index >= 15 is 0 Å². The molecule has 0 unspecified atom stereocenters. The van der Waals surface area contributed by atoms with E-state index in [-0.39, 0.29) is 42.1 Å². The Kier molecular flexibility index (Phi) is 10.6. The number of carboxylic acid groups (broad SMARTS) is 1. The van der Waals surface area contributed by atoms with Crippen molar-refractivity contribution in [3.8, 4) is 17.2 Å². The van der Waals surface area contributed by atoms with Gasteiger partial charge in [0.1, 0.15) is 11.5 Å². The summed E-state index contributed by atoms with van der Waals surface area (Å²) in [5.41, 5.74) is 4.59. The summed E-state index contributed by atoms with van der Waals surface area (Å²) >= 11 is 0. The largest absolute Gasteiger partial charge is 1.00 e. The normalized spacial score (nSPS) is 12.4. The molecule has 2 aromatic carbocycles. The maximum atomic E-state index is 12.4. The predicted molar refractivity (Wildman–Crippen MR) is 131 cm³/mol. The smallest absolute Gasteiger partial charge is 0.550 e. The summed E-state index contributed by atoms with van der Waals surface area (Å²) in [6, 6.07) is 13.5. The van der Waals surface area contributed by atoms with Crippen molar-refractivity contribution in [3.63, 3.8) is 0 Å². The Hall–Kier alpha value is -2.81. The standard InChI is InChI=1S/C28H32N2O6.Na/c1-3-16-35-28(33)30-15-13-22-23(18-30)20(10-12-26(31)32)9-11-25(22)34-17-14-24-19(2)36-27(29-24)21-7-5-4-6-8-21;/h4-9,11H,3,10,12-18H2,1-2H3,(H,31,32);/q;+1/p-1. The Morgan fingerprint density at radius 3 is 2.59 bits per heavy atom. The number of aryl methyl sites for hydroxylation is 2. The van der Waals surface area contributed by atoms with Crippen molar-refractivity contribution in [1.29, 1.82) is 0 Å². The first-order valence-corrected chi connectivity index (χ1v) is 12.4. The molecule has 190 valence electrons. The third-order valence-corrected chi connectivity index (χ3v) is 6.26. The number of aromatic nitrogens is 1. The molecular formula is C28H31N2NaO6. The van der Waals surface area contributed by atoms with E-state index in [2.05, 4.69) is 4.98 Å². The van der Waals surface area contributed by atoms with E-state index in [4.69, 9.17) is 13.9 Å². The molecule has 4 rings (SSSR count). The third-order valence-electron chi connectivity index (χ3n) is 6.26. The number of ether oxygens (including phenoxy) is 2. The molecule has 2 heterocycles. The van der Waals surface area contributed by atoms with E-state index in [0.717, 1.165) is 45.9 Å². The first-order valence-electron chi connectivity index (χ1n) is 12.4. The average molecular weight is 515 g/mol. The minimum atomic E-state index is -1.10. The fraction of sp³-hybridized carbons (Fsp3) is 0.393. The minimum Gasteiger partial charge on any atom is -0.550 e. The molecule has 0 bridgehead atoms. The number of aliphatic carboxylic acids is 1. The number of hydrogen-bond acceptors (Lipinski definition) is 7. The molecule has 0 saturated heterocycles. The Bertz CT molecular complexity index is 1210. The van der Waals surface area contributed by atoms with Crippen LogP contribution in [0.15, 0.2) is 46.9 Å². The van der Waals surface area contributed by atoms with Crippen LogP contribution in [0.1, 0.15) is 47.9 Å². The fourth-order valence-electron chi connectivity index (χ4n) is 4.37. The molecule has 0 radical (unpaired) electrons. The summed E-state index contributed by atoms with van der Waals surface area (Å²) in [5.74, 6) is 0.997. The van der Waals surface area contributed by atoms with Crippen LogP contribution in [0.25, 0.3) is 11.5 Å². The van der Waals surface area contributed by atoms with Crippen LogP contribution >= 0.6 is 0 Å². The van der Waals surface area contributed by atoms with Crippen molar-refractivity contribution in [2.75, 3.05) is 19.8 Å². The first kappa shape index (κ1) is 28.8. The van der Waals surface area contributed by atoms with Crippen LogP contribution in [0, 0.1) is 6.92 Å². The van der Waals surface area contributed by atoms with E-state index in [1.807, 2.05) is 56.3 Å². The van der Waals surface area contributed by atoms with Crippen molar-refractivity contribution in [2.45, 2.75) is 52.5 Å². The van der Waals surface area contributed by atoms with Gasteiger partial charge in [-0.15, -0.1) is 0 Å². The first-order chi connectivity index (χ1) is 17.5. The van der Waals surface area contributed by atoms with Gasteiger partial charge >= 0.3 is 35.7 Å². The summed E-state index contributed by atoms with van der Waals surface area (Å²) in [4.78, 5) is 29.8. The predicted octanol–water partition coefficient (Wildman–Crippen LogP) is 0.863. The number of fused-ring (bicyclic) bond motifs is 1. The van der Waals surface area contributed by atoms with Crippen LogP contribution in [0.5, 0.6) is 5.75 Å². The molecule has 0 N–H and O–H groups in total. The van der Waals surface area contributed by atoms with Crippen molar-refractivity contribution < 1.29 is 58.1 Å². The number of oxazole rings is 1. The van der Waals surface area contributed by atoms with Crippen LogP contribution in [0.2, 0.25) is 0 Å². The van der Waals surface area contributed by atoms with Crippen molar-refractivity contribution in [3.05, 3.63) is 70.6 Å². The zero-order valence-electron chi connectivity index (χ0n) is 21.7. The molecule has 0 spiro atoms. The van der Waals surface area contributed by atoms with Gasteiger partial charge in [0, 0.05) is 36.6 Å². The molecule has 0 fully saturated rings. The van der Waals surface area contributed by atoms with Crippen LogP contribution in [0.4, 0.5) is 4.79 Å². The molecule has 1 aliphatic heterocycles. The van der Waals surface area contributed by atoms with E-state index in [9.17, 15) is 14.7 Å². The number of carboxylic acids is 1. The number of amides is 1. The number of hydrogen-bond donors (Lipinski definition) is 0. The summed E-state index contributed by atoms with van der Waals surface area (Å²) < 4.78 is 17.3. The molecular weight excluding hydrogens is 483 g/mol. The summed E-state index contributed by atoms with van der Waals surface area (Å²) in [6.07, 6.45) is 1.84. The van der Waals surface area contributed by atoms with Gasteiger partial charge in [0.2, 0.25) is 5.89 Å². The molecule has 1 amide bonds. The molecule has 1 aromatic heterocycles. The third kappa shape index (κ3) is 7.37. The number of carbonyl (C=O) groups excluding carboxylic acids is 2. The molecule has 9 heteroatoms. The fourth-order valence-corrected chi connectivity index (χ4v) is 4.37. The Labute approximate surface area is 239 Å². The van der Waals surface area contributed by atoms with Crippen LogP contribution in [-0.2, 0) is 35.3 Å². The summed E-state index contributed by atoms with van der Waals surface area (Å²) in [5, 5.41) is 11.1. The van der Waals surface area contributed by atoms with Gasteiger partial charge in [0.15, 0.2) is 0 Å². The number of benzene rings is 2. The van der Waals surface area contributed by atoms with E-state index in [1.165, 1.54) is 0 Å². The zero-order chi connectivity index (χ0) is 25.5. The number of rotatable bonds is 10. The van der Waals surface area contributed by atoms with Crippen LogP contribution in [-0.4, -0.2) is 41.7 Å². The average Bonchev–Trinajstić information content (AvgIpc) is 3.27. The Morgan fingerprint density at radius 1 is 1.08 bits per heavy atom. The number of carbonyl (C=O) groups is 2. The second-order valence-electron chi connectivity index (χ2n) is 8.82. The maximum absolute atomic E-state index is 12.4. The quantitative estimate of drug-likeness (QED) is 0.370. The van der Waals surface area contributed by atoms with Gasteiger partial charge in [0.25, 0.3) is 0 Å². The van der Waals surface area contributed by atoms with Crippen molar-refractivity contribution in [2.24, 2.45) is 0 Å². The minimum absolute atomic E-state index is 0. The second-order valence-corrected chi connectivity index (χ2v) is 8.82. The molecule has 0 saturated carbocycles. The monoisotopic (exact) mass is 514 g/mol. The van der Waals surface area contributed by atoms with Crippen molar-refractivity contribution in [1.82, 2.24) is 9.88 Å². The Balaban J connectivity index is 0.00000380. The zero-order valence-corrected chi connectivity index (χ0v) is 23.7. The van der Waals surface area contributed by atoms with Gasteiger partial charge < -0.3 is 28.7 Å². The van der Waals surface area contributed by atoms with Gasteiger partial charge in [-0.1, -0.05) is 31.2 Å².